The van der Waals surface area contributed by atoms with Gasteiger partial charge >= 0.3 is 0 Å². The van der Waals surface area contributed by atoms with Gasteiger partial charge in [0.2, 0.25) is 0 Å². The Morgan fingerprint density at radius 3 is 2.44 bits per heavy atom. The summed E-state index contributed by atoms with van der Waals surface area (Å²) in [6.07, 6.45) is 6.28. The van der Waals surface area contributed by atoms with Gasteiger partial charge in [-0.1, -0.05) is 48.5 Å². The van der Waals surface area contributed by atoms with Crippen LogP contribution in [-0.2, 0) is 6.54 Å². The number of aromatic nitrogens is 4. The number of nitrogens with zero attached hydrogens (tertiary/aromatic N) is 4. The molecule has 1 aliphatic rings. The van der Waals surface area contributed by atoms with Crippen LogP contribution in [0.15, 0.2) is 116 Å². The first kappa shape index (κ1) is 22.1. The maximum atomic E-state index is 4.71. The maximum absolute atomic E-state index is 4.71. The highest BCUT2D eigenvalue weighted by molar-refractivity contribution is 6.07. The average Bonchev–Trinajstić information content (AvgIpc) is 3.63. The molecule has 186 valence electrons. The number of para-hydroxylation sites is 1. The van der Waals surface area contributed by atoms with Gasteiger partial charge in [-0.2, -0.15) is 4.57 Å². The van der Waals surface area contributed by atoms with Crippen molar-refractivity contribution in [2.45, 2.75) is 20.4 Å². The monoisotopic (exact) mass is 503 g/mol. The quantitative estimate of drug-likeness (QED) is 0.228. The van der Waals surface area contributed by atoms with Gasteiger partial charge in [0.15, 0.2) is 0 Å². The third kappa shape index (κ3) is 3.25. The molecule has 0 radical (unpaired) electrons. The second-order valence-corrected chi connectivity index (χ2v) is 10.5. The van der Waals surface area contributed by atoms with Crippen LogP contribution in [0, 0.1) is 13.8 Å². The van der Waals surface area contributed by atoms with Crippen molar-refractivity contribution in [2.75, 3.05) is 0 Å². The lowest BCUT2D eigenvalue weighted by molar-refractivity contribution is -0.671. The molecule has 4 heterocycles. The van der Waals surface area contributed by atoms with Gasteiger partial charge in [0.25, 0.3) is 5.82 Å². The van der Waals surface area contributed by atoms with Crippen molar-refractivity contribution >= 4 is 21.9 Å². The summed E-state index contributed by atoms with van der Waals surface area (Å²) < 4.78 is 7.04. The number of hydrogen-bond donors (Lipinski definition) is 0. The molecule has 39 heavy (non-hydrogen) atoms. The van der Waals surface area contributed by atoms with Crippen molar-refractivity contribution in [3.05, 3.63) is 132 Å². The molecule has 0 amide bonds. The predicted octanol–water partition coefficient (Wildman–Crippen LogP) is 7.57. The average molecular weight is 504 g/mol. The van der Waals surface area contributed by atoms with Crippen LogP contribution in [0.3, 0.4) is 0 Å². The Labute approximate surface area is 227 Å². The summed E-state index contributed by atoms with van der Waals surface area (Å²) in [6, 6.07) is 34.9. The van der Waals surface area contributed by atoms with Crippen LogP contribution in [0.4, 0.5) is 0 Å². The highest BCUT2D eigenvalue weighted by atomic mass is 15.2. The molecule has 0 spiro atoms. The standard InChI is InChI=1S/C35H27N4/c1-23-19-27(20-24(2)34(23)38-18-17-37-22-26-9-3-4-12-29(26)35(37)38)25-10-7-11-28(21-25)39-31-14-6-5-13-30(31)33-32(39)15-8-16-36-33/h3-21H,22H2,1-2H3/q+1. The number of fused-ring (bicyclic) bond motifs is 6. The molecule has 0 atom stereocenters. The molecule has 0 bridgehead atoms. The SMILES string of the molecule is Cc1cc(-c2cccc(-n3c4ccccc4c4ncccc43)c2)cc(C)c1-n1cc[n+]2c1-c1ccccc1C2. The van der Waals surface area contributed by atoms with E-state index in [1.807, 2.05) is 12.3 Å². The van der Waals surface area contributed by atoms with Gasteiger partial charge in [-0.05, 0) is 84.6 Å². The second kappa shape index (κ2) is 8.27. The van der Waals surface area contributed by atoms with E-state index in [-0.39, 0.29) is 0 Å². The fourth-order valence-corrected chi connectivity index (χ4v) is 6.47. The van der Waals surface area contributed by atoms with Crippen LogP contribution >= 0.6 is 0 Å². The minimum absolute atomic E-state index is 0.930. The van der Waals surface area contributed by atoms with Gasteiger partial charge in [-0.25, -0.2) is 4.57 Å². The van der Waals surface area contributed by atoms with Gasteiger partial charge in [0, 0.05) is 22.8 Å². The van der Waals surface area contributed by atoms with Crippen molar-refractivity contribution in [1.29, 1.82) is 0 Å². The largest absolute Gasteiger partial charge is 0.308 e. The first-order valence-electron chi connectivity index (χ1n) is 13.4. The second-order valence-electron chi connectivity index (χ2n) is 10.5. The molecule has 0 aliphatic carbocycles. The van der Waals surface area contributed by atoms with Crippen molar-refractivity contribution in [3.8, 4) is 33.9 Å². The summed E-state index contributed by atoms with van der Waals surface area (Å²) in [5, 5.41) is 1.17. The Bertz CT molecular complexity index is 2000. The maximum Gasteiger partial charge on any atom is 0.294 e. The zero-order valence-electron chi connectivity index (χ0n) is 22.0. The number of pyridine rings is 1. The molecule has 0 unspecified atom stereocenters. The minimum atomic E-state index is 0.930. The van der Waals surface area contributed by atoms with E-state index < -0.39 is 0 Å². The van der Waals surface area contributed by atoms with Crippen molar-refractivity contribution < 1.29 is 4.57 Å². The van der Waals surface area contributed by atoms with E-state index in [0.29, 0.717) is 0 Å². The van der Waals surface area contributed by atoms with Crippen LogP contribution in [0.5, 0.6) is 0 Å². The zero-order chi connectivity index (χ0) is 26.1. The summed E-state index contributed by atoms with van der Waals surface area (Å²) in [6.45, 7) is 5.39. The number of hydrogen-bond acceptors (Lipinski definition) is 1. The van der Waals surface area contributed by atoms with Crippen LogP contribution in [0.2, 0.25) is 0 Å². The Morgan fingerprint density at radius 1 is 0.744 bits per heavy atom. The molecule has 4 nitrogen and oxygen atoms in total. The molecule has 0 saturated heterocycles. The van der Waals surface area contributed by atoms with Crippen LogP contribution in [-0.4, -0.2) is 14.1 Å². The van der Waals surface area contributed by atoms with E-state index in [0.717, 1.165) is 23.3 Å². The zero-order valence-corrected chi connectivity index (χ0v) is 22.0. The fourth-order valence-electron chi connectivity index (χ4n) is 6.47. The molecular formula is C35H27N4+. The number of benzene rings is 4. The highest BCUT2D eigenvalue weighted by Gasteiger charge is 2.31. The topological polar surface area (TPSA) is 26.6 Å². The van der Waals surface area contributed by atoms with Crippen LogP contribution < -0.4 is 4.57 Å². The fraction of sp³-hybridized carbons (Fsp3) is 0.0857. The summed E-state index contributed by atoms with van der Waals surface area (Å²) in [5.74, 6) is 1.26. The van der Waals surface area contributed by atoms with E-state index in [4.69, 9.17) is 4.98 Å². The molecule has 8 rings (SSSR count). The molecule has 4 heteroatoms. The molecule has 7 aromatic rings. The lowest BCUT2D eigenvalue weighted by Gasteiger charge is -2.13. The summed E-state index contributed by atoms with van der Waals surface area (Å²) >= 11 is 0. The van der Waals surface area contributed by atoms with Gasteiger partial charge in [-0.15, -0.1) is 0 Å². The molecule has 1 aliphatic heterocycles. The Balaban J connectivity index is 1.26. The molecule has 3 aromatic heterocycles. The van der Waals surface area contributed by atoms with Crippen molar-refractivity contribution in [1.82, 2.24) is 14.1 Å². The third-order valence-corrected chi connectivity index (χ3v) is 8.09. The van der Waals surface area contributed by atoms with Gasteiger partial charge in [0.1, 0.15) is 24.6 Å². The van der Waals surface area contributed by atoms with E-state index in [2.05, 4.69) is 131 Å². The lowest BCUT2D eigenvalue weighted by Crippen LogP contribution is -2.30. The number of imidazole rings is 1. The predicted molar refractivity (Wildman–Crippen MR) is 158 cm³/mol. The van der Waals surface area contributed by atoms with Gasteiger partial charge in [-0.3, -0.25) is 4.98 Å². The van der Waals surface area contributed by atoms with E-state index in [9.17, 15) is 0 Å². The minimum Gasteiger partial charge on any atom is -0.308 e. The summed E-state index contributed by atoms with van der Waals surface area (Å²) in [7, 11) is 0. The third-order valence-electron chi connectivity index (χ3n) is 8.09. The molecule has 0 fully saturated rings. The van der Waals surface area contributed by atoms with E-state index in [1.165, 1.54) is 55.8 Å². The normalized spacial score (nSPS) is 12.3. The summed E-state index contributed by atoms with van der Waals surface area (Å²) in [4.78, 5) is 4.71. The molecule has 0 saturated carbocycles. The molecule has 0 N–H and O–H groups in total. The molecular weight excluding hydrogens is 476 g/mol. The van der Waals surface area contributed by atoms with Crippen molar-refractivity contribution in [3.63, 3.8) is 0 Å². The van der Waals surface area contributed by atoms with E-state index in [1.54, 1.807) is 0 Å². The number of aryl methyl sites for hydroxylation is 2. The van der Waals surface area contributed by atoms with Crippen LogP contribution in [0.25, 0.3) is 55.8 Å². The van der Waals surface area contributed by atoms with Gasteiger partial charge in [0.05, 0.1) is 22.1 Å². The van der Waals surface area contributed by atoms with E-state index >= 15 is 0 Å². The van der Waals surface area contributed by atoms with Crippen LogP contribution in [0.1, 0.15) is 16.7 Å². The van der Waals surface area contributed by atoms with Crippen molar-refractivity contribution in [2.24, 2.45) is 0 Å². The first-order chi connectivity index (χ1) is 19.2. The Kier molecular flexibility index (Phi) is 4.68. The smallest absolute Gasteiger partial charge is 0.294 e. The lowest BCUT2D eigenvalue weighted by atomic mass is 9.98. The number of rotatable bonds is 3. The first-order valence-corrected chi connectivity index (χ1v) is 13.4. The summed E-state index contributed by atoms with van der Waals surface area (Å²) in [5.41, 5.74) is 13.4. The molecule has 4 aromatic carbocycles. The van der Waals surface area contributed by atoms with Gasteiger partial charge < -0.3 is 4.57 Å². The Morgan fingerprint density at radius 2 is 1.54 bits per heavy atom. The Hall–Kier alpha value is -4.96. The highest BCUT2D eigenvalue weighted by Crippen LogP contribution is 2.35.